The summed E-state index contributed by atoms with van der Waals surface area (Å²) in [7, 11) is 1.89. The Kier molecular flexibility index (Phi) is 5.69. The van der Waals surface area contributed by atoms with E-state index in [9.17, 15) is 9.18 Å². The van der Waals surface area contributed by atoms with Gasteiger partial charge in [-0.05, 0) is 48.6 Å². The van der Waals surface area contributed by atoms with Gasteiger partial charge < -0.3 is 5.32 Å². The zero-order chi connectivity index (χ0) is 19.4. The fraction of sp³-hybridized carbons (Fsp3) is 0.350. The normalized spacial score (nSPS) is 11.1. The number of rotatable bonds is 7. The lowest BCUT2D eigenvalue weighted by molar-refractivity contribution is 0.0952. The van der Waals surface area contributed by atoms with Gasteiger partial charge >= 0.3 is 0 Å². The number of aryl methyl sites for hydroxylation is 2. The molecule has 142 valence electrons. The number of halogens is 1. The molecular formula is C20H24FN5O. The second-order valence-electron chi connectivity index (χ2n) is 6.87. The van der Waals surface area contributed by atoms with Gasteiger partial charge in [0.2, 0.25) is 0 Å². The van der Waals surface area contributed by atoms with Gasteiger partial charge in [0.15, 0.2) is 0 Å². The third kappa shape index (κ3) is 4.42. The van der Waals surface area contributed by atoms with E-state index >= 15 is 0 Å². The Morgan fingerprint density at radius 3 is 2.56 bits per heavy atom. The van der Waals surface area contributed by atoms with E-state index in [4.69, 9.17) is 0 Å². The average Bonchev–Trinajstić information content (AvgIpc) is 3.25. The summed E-state index contributed by atoms with van der Waals surface area (Å²) >= 11 is 0. The van der Waals surface area contributed by atoms with Crippen molar-refractivity contribution < 1.29 is 9.18 Å². The lowest BCUT2D eigenvalue weighted by Gasteiger charge is -2.13. The van der Waals surface area contributed by atoms with E-state index in [0.717, 1.165) is 29.8 Å². The van der Waals surface area contributed by atoms with Crippen molar-refractivity contribution in [1.82, 2.24) is 24.9 Å². The molecule has 0 radical (unpaired) electrons. The van der Waals surface area contributed by atoms with Crippen molar-refractivity contribution >= 4 is 5.91 Å². The summed E-state index contributed by atoms with van der Waals surface area (Å²) in [6, 6.07) is 6.09. The molecule has 0 saturated carbocycles. The van der Waals surface area contributed by atoms with E-state index < -0.39 is 0 Å². The maximum absolute atomic E-state index is 13.2. The van der Waals surface area contributed by atoms with Gasteiger partial charge in [0, 0.05) is 19.8 Å². The third-order valence-corrected chi connectivity index (χ3v) is 4.36. The first-order valence-corrected chi connectivity index (χ1v) is 9.05. The highest BCUT2D eigenvalue weighted by molar-refractivity contribution is 5.95. The Morgan fingerprint density at radius 2 is 1.93 bits per heavy atom. The fourth-order valence-corrected chi connectivity index (χ4v) is 3.07. The van der Waals surface area contributed by atoms with Crippen molar-refractivity contribution in [2.75, 3.05) is 6.54 Å². The molecule has 27 heavy (non-hydrogen) atoms. The van der Waals surface area contributed by atoms with Crippen LogP contribution in [0.5, 0.6) is 0 Å². The minimum absolute atomic E-state index is 0.0914. The lowest BCUT2D eigenvalue weighted by Crippen LogP contribution is -2.26. The second kappa shape index (κ2) is 8.16. The smallest absolute Gasteiger partial charge is 0.254 e. The van der Waals surface area contributed by atoms with Crippen molar-refractivity contribution in [2.45, 2.75) is 32.6 Å². The van der Waals surface area contributed by atoms with Crippen LogP contribution in [0.2, 0.25) is 0 Å². The molecule has 0 unspecified atom stereocenters. The number of nitrogens with one attached hydrogen (secondary N) is 1. The average molecular weight is 369 g/mol. The molecule has 7 heteroatoms. The number of hydrogen-bond donors (Lipinski definition) is 1. The Labute approximate surface area is 158 Å². The summed E-state index contributed by atoms with van der Waals surface area (Å²) in [5.41, 5.74) is 3.25. The van der Waals surface area contributed by atoms with Crippen LogP contribution in [0.4, 0.5) is 4.39 Å². The predicted molar refractivity (Wildman–Crippen MR) is 101 cm³/mol. The fourth-order valence-electron chi connectivity index (χ4n) is 3.07. The second-order valence-corrected chi connectivity index (χ2v) is 6.87. The molecule has 0 fully saturated rings. The molecular weight excluding hydrogens is 345 g/mol. The van der Waals surface area contributed by atoms with E-state index in [-0.39, 0.29) is 17.6 Å². The Hall–Kier alpha value is -2.96. The Bertz CT molecular complexity index is 911. The first-order chi connectivity index (χ1) is 13.0. The largest absolute Gasteiger partial charge is 0.352 e. The maximum atomic E-state index is 13.2. The van der Waals surface area contributed by atoms with E-state index in [0.29, 0.717) is 12.1 Å². The standard InChI is InChI=1S/C20H24FN5O/c1-14(2)19-18(12-24-26(19)17-8-6-16(21)7-9-17)20(27)22-10-4-5-15-11-23-25(3)13-15/h6-9,11-14H,4-5,10H2,1-3H3,(H,22,27). The molecule has 2 aromatic heterocycles. The molecule has 1 aromatic carbocycles. The maximum Gasteiger partial charge on any atom is 0.254 e. The van der Waals surface area contributed by atoms with Gasteiger partial charge in [0.1, 0.15) is 5.82 Å². The van der Waals surface area contributed by atoms with Gasteiger partial charge in [0.25, 0.3) is 5.91 Å². The summed E-state index contributed by atoms with van der Waals surface area (Å²) in [6.07, 6.45) is 7.09. The number of nitrogens with zero attached hydrogens (tertiary/aromatic N) is 4. The molecule has 6 nitrogen and oxygen atoms in total. The van der Waals surface area contributed by atoms with Crippen LogP contribution in [-0.2, 0) is 13.5 Å². The molecule has 1 N–H and O–H groups in total. The molecule has 0 spiro atoms. The summed E-state index contributed by atoms with van der Waals surface area (Å²) in [5.74, 6) is -0.351. The van der Waals surface area contributed by atoms with E-state index in [1.165, 1.54) is 12.1 Å². The van der Waals surface area contributed by atoms with Gasteiger partial charge in [-0.15, -0.1) is 0 Å². The molecule has 0 saturated heterocycles. The molecule has 0 bridgehead atoms. The van der Waals surface area contributed by atoms with Crippen LogP contribution in [0.15, 0.2) is 42.9 Å². The first kappa shape index (κ1) is 18.8. The minimum atomic E-state index is -0.302. The number of hydrogen-bond acceptors (Lipinski definition) is 3. The number of aromatic nitrogens is 4. The van der Waals surface area contributed by atoms with Crippen molar-refractivity contribution in [3.63, 3.8) is 0 Å². The Balaban J connectivity index is 1.68. The van der Waals surface area contributed by atoms with Crippen molar-refractivity contribution in [1.29, 1.82) is 0 Å². The van der Waals surface area contributed by atoms with Gasteiger partial charge in [0.05, 0.1) is 29.3 Å². The minimum Gasteiger partial charge on any atom is -0.352 e. The zero-order valence-electron chi connectivity index (χ0n) is 15.8. The van der Waals surface area contributed by atoms with Gasteiger partial charge in [-0.25, -0.2) is 9.07 Å². The molecule has 0 aliphatic rings. The van der Waals surface area contributed by atoms with Gasteiger partial charge in [-0.1, -0.05) is 13.8 Å². The third-order valence-electron chi connectivity index (χ3n) is 4.36. The summed E-state index contributed by atoms with van der Waals surface area (Å²) in [4.78, 5) is 12.6. The molecule has 1 amide bonds. The van der Waals surface area contributed by atoms with Crippen molar-refractivity contribution in [3.05, 3.63) is 65.5 Å². The van der Waals surface area contributed by atoms with Crippen LogP contribution in [0.3, 0.4) is 0 Å². The topological polar surface area (TPSA) is 64.7 Å². The number of benzene rings is 1. The van der Waals surface area contributed by atoms with Crippen LogP contribution in [0.25, 0.3) is 5.69 Å². The van der Waals surface area contributed by atoms with Crippen LogP contribution in [0.1, 0.15) is 47.8 Å². The quantitative estimate of drug-likeness (QED) is 0.650. The van der Waals surface area contributed by atoms with Crippen LogP contribution in [-0.4, -0.2) is 32.0 Å². The SMILES string of the molecule is CC(C)c1c(C(=O)NCCCc2cnn(C)c2)cnn1-c1ccc(F)cc1. The van der Waals surface area contributed by atoms with Gasteiger partial charge in [-0.3, -0.25) is 9.48 Å². The number of amides is 1. The van der Waals surface area contributed by atoms with Crippen LogP contribution >= 0.6 is 0 Å². The van der Waals surface area contributed by atoms with Crippen LogP contribution < -0.4 is 5.32 Å². The van der Waals surface area contributed by atoms with E-state index in [1.54, 1.807) is 27.7 Å². The monoisotopic (exact) mass is 369 g/mol. The lowest BCUT2D eigenvalue weighted by atomic mass is 10.0. The van der Waals surface area contributed by atoms with Gasteiger partial charge in [-0.2, -0.15) is 10.2 Å². The van der Waals surface area contributed by atoms with E-state index in [2.05, 4.69) is 15.5 Å². The molecule has 0 atom stereocenters. The van der Waals surface area contributed by atoms with Crippen molar-refractivity contribution in [3.8, 4) is 5.69 Å². The first-order valence-electron chi connectivity index (χ1n) is 9.05. The zero-order valence-corrected chi connectivity index (χ0v) is 15.8. The number of carbonyl (C=O) groups excluding carboxylic acids is 1. The highest BCUT2D eigenvalue weighted by atomic mass is 19.1. The predicted octanol–water partition coefficient (Wildman–Crippen LogP) is 3.23. The van der Waals surface area contributed by atoms with Crippen LogP contribution in [0, 0.1) is 5.82 Å². The summed E-state index contributed by atoms with van der Waals surface area (Å²) in [5, 5.41) is 11.5. The highest BCUT2D eigenvalue weighted by Crippen LogP contribution is 2.23. The molecule has 0 aliphatic carbocycles. The molecule has 2 heterocycles. The van der Waals surface area contributed by atoms with E-state index in [1.807, 2.05) is 33.3 Å². The summed E-state index contributed by atoms with van der Waals surface area (Å²) in [6.45, 7) is 4.60. The Morgan fingerprint density at radius 1 is 1.19 bits per heavy atom. The highest BCUT2D eigenvalue weighted by Gasteiger charge is 2.20. The van der Waals surface area contributed by atoms with Crippen molar-refractivity contribution in [2.24, 2.45) is 7.05 Å². The summed E-state index contributed by atoms with van der Waals surface area (Å²) < 4.78 is 16.7. The number of carbonyl (C=O) groups is 1. The molecule has 0 aliphatic heterocycles. The molecule has 3 rings (SSSR count). The molecule has 3 aromatic rings.